The van der Waals surface area contributed by atoms with Crippen LogP contribution in [0, 0.1) is 0 Å². The van der Waals surface area contributed by atoms with Crippen molar-refractivity contribution in [1.29, 1.82) is 0 Å². The van der Waals surface area contributed by atoms with Crippen LogP contribution < -0.4 is 5.73 Å². The molecule has 0 aliphatic rings. The Labute approximate surface area is 97.1 Å². The Morgan fingerprint density at radius 2 is 2.29 bits per heavy atom. The summed E-state index contributed by atoms with van der Waals surface area (Å²) in [7, 11) is 0. The third-order valence-corrected chi connectivity index (χ3v) is 2.87. The maximum Gasteiger partial charge on any atom is 0.189 e. The van der Waals surface area contributed by atoms with Crippen LogP contribution in [0.4, 0.5) is 0 Å². The lowest BCUT2D eigenvalue weighted by Crippen LogP contribution is -2.22. The van der Waals surface area contributed by atoms with E-state index in [0.29, 0.717) is 12.1 Å². The highest BCUT2D eigenvalue weighted by Gasteiger charge is 2.12. The summed E-state index contributed by atoms with van der Waals surface area (Å²) in [6.07, 6.45) is 4.90. The summed E-state index contributed by atoms with van der Waals surface area (Å²) in [5, 5.41) is 8.31. The number of imidazole rings is 1. The molecule has 0 aliphatic carbocycles. The van der Waals surface area contributed by atoms with E-state index >= 15 is 0 Å². The summed E-state index contributed by atoms with van der Waals surface area (Å²) in [4.78, 5) is 11.3. The molecule has 0 spiro atoms. The maximum atomic E-state index is 5.93. The number of nitrogens with zero attached hydrogens (tertiary/aromatic N) is 5. The van der Waals surface area contributed by atoms with Crippen molar-refractivity contribution in [1.82, 2.24) is 29.5 Å². The molecule has 0 saturated heterocycles. The lowest BCUT2D eigenvalue weighted by molar-refractivity contribution is 0.620. The predicted molar refractivity (Wildman–Crippen MR) is 62.4 cm³/mol. The van der Waals surface area contributed by atoms with Gasteiger partial charge in [0.05, 0.1) is 6.33 Å². The van der Waals surface area contributed by atoms with Gasteiger partial charge in [-0.25, -0.2) is 9.97 Å². The van der Waals surface area contributed by atoms with Crippen molar-refractivity contribution in [2.45, 2.75) is 25.8 Å². The van der Waals surface area contributed by atoms with Gasteiger partial charge in [0.2, 0.25) is 0 Å². The van der Waals surface area contributed by atoms with Crippen LogP contribution in [0.25, 0.3) is 16.8 Å². The number of aromatic amines is 1. The molecule has 3 rings (SSSR count). The fourth-order valence-electron chi connectivity index (χ4n) is 1.80. The van der Waals surface area contributed by atoms with Gasteiger partial charge in [-0.05, 0) is 6.42 Å². The summed E-state index contributed by atoms with van der Waals surface area (Å²) in [5.41, 5.74) is 8.12. The normalized spacial score (nSPS) is 13.5. The van der Waals surface area contributed by atoms with Gasteiger partial charge < -0.3 is 10.7 Å². The smallest absolute Gasteiger partial charge is 0.189 e. The van der Waals surface area contributed by atoms with Crippen LogP contribution in [0.5, 0.6) is 0 Å². The third-order valence-electron chi connectivity index (χ3n) is 2.87. The Balaban J connectivity index is 2.15. The van der Waals surface area contributed by atoms with Crippen LogP contribution in [0.2, 0.25) is 0 Å². The van der Waals surface area contributed by atoms with E-state index in [0.717, 1.165) is 23.4 Å². The van der Waals surface area contributed by atoms with Crippen molar-refractivity contribution in [3.63, 3.8) is 0 Å². The molecule has 17 heavy (non-hydrogen) atoms. The number of nitrogens with one attached hydrogen (secondary N) is 1. The molecule has 0 aromatic carbocycles. The highest BCUT2D eigenvalue weighted by molar-refractivity contribution is 5.84. The number of H-pyrrole nitrogens is 1. The number of hydrogen-bond acceptors (Lipinski definition) is 5. The minimum Gasteiger partial charge on any atom is -0.340 e. The summed E-state index contributed by atoms with van der Waals surface area (Å²) >= 11 is 0. The zero-order valence-electron chi connectivity index (χ0n) is 9.46. The molecular formula is C10H13N7. The SMILES string of the molecule is CCC(N)Cc1nnc2c3[nH]cnc3ncn12. The van der Waals surface area contributed by atoms with E-state index in [-0.39, 0.29) is 6.04 Å². The Morgan fingerprint density at radius 3 is 3.12 bits per heavy atom. The first-order valence-electron chi connectivity index (χ1n) is 5.57. The van der Waals surface area contributed by atoms with Gasteiger partial charge in [0.1, 0.15) is 17.7 Å². The number of nitrogens with two attached hydrogens (primary N) is 1. The summed E-state index contributed by atoms with van der Waals surface area (Å²) < 4.78 is 1.86. The van der Waals surface area contributed by atoms with E-state index in [2.05, 4.69) is 32.1 Å². The van der Waals surface area contributed by atoms with E-state index in [1.807, 2.05) is 4.40 Å². The number of aromatic nitrogens is 6. The van der Waals surface area contributed by atoms with Gasteiger partial charge in [-0.15, -0.1) is 10.2 Å². The molecule has 0 radical (unpaired) electrons. The molecule has 1 unspecified atom stereocenters. The van der Waals surface area contributed by atoms with Gasteiger partial charge in [-0.1, -0.05) is 6.92 Å². The van der Waals surface area contributed by atoms with Crippen LogP contribution in [0.15, 0.2) is 12.7 Å². The molecule has 3 heterocycles. The second-order valence-corrected chi connectivity index (χ2v) is 4.03. The van der Waals surface area contributed by atoms with Crippen LogP contribution in [0.1, 0.15) is 19.2 Å². The van der Waals surface area contributed by atoms with Crippen LogP contribution >= 0.6 is 0 Å². The summed E-state index contributed by atoms with van der Waals surface area (Å²) in [6.45, 7) is 2.05. The second-order valence-electron chi connectivity index (χ2n) is 4.03. The van der Waals surface area contributed by atoms with E-state index in [1.165, 1.54) is 0 Å². The maximum absolute atomic E-state index is 5.93. The Morgan fingerprint density at radius 1 is 1.41 bits per heavy atom. The van der Waals surface area contributed by atoms with Crippen molar-refractivity contribution in [3.8, 4) is 0 Å². The molecule has 3 aromatic heterocycles. The summed E-state index contributed by atoms with van der Waals surface area (Å²) in [6, 6.07) is 0.0971. The van der Waals surface area contributed by atoms with E-state index in [1.54, 1.807) is 12.7 Å². The van der Waals surface area contributed by atoms with Gasteiger partial charge in [-0.2, -0.15) is 0 Å². The molecule has 0 amide bonds. The number of rotatable bonds is 3. The molecule has 0 bridgehead atoms. The molecule has 7 nitrogen and oxygen atoms in total. The van der Waals surface area contributed by atoms with Gasteiger partial charge in [0, 0.05) is 12.5 Å². The molecule has 3 N–H and O–H groups in total. The molecule has 3 aromatic rings. The lowest BCUT2D eigenvalue weighted by atomic mass is 10.1. The molecule has 0 aliphatic heterocycles. The van der Waals surface area contributed by atoms with Gasteiger partial charge in [-0.3, -0.25) is 4.40 Å². The standard InChI is InChI=1S/C10H13N7/c1-2-6(11)3-7-15-16-10-8-9(13-4-12-8)14-5-17(7)10/h4-6H,2-3,11H2,1H3,(H,12,13). The minimum absolute atomic E-state index is 0.0971. The van der Waals surface area contributed by atoms with Crippen molar-refractivity contribution in [2.75, 3.05) is 0 Å². The monoisotopic (exact) mass is 231 g/mol. The van der Waals surface area contributed by atoms with Crippen LogP contribution in [-0.4, -0.2) is 35.6 Å². The molecule has 1 atom stereocenters. The third kappa shape index (κ3) is 1.55. The number of hydrogen-bond donors (Lipinski definition) is 2. The zero-order valence-corrected chi connectivity index (χ0v) is 9.46. The Hall–Kier alpha value is -2.02. The zero-order chi connectivity index (χ0) is 11.8. The topological polar surface area (TPSA) is 97.8 Å². The number of fused-ring (bicyclic) bond motifs is 3. The lowest BCUT2D eigenvalue weighted by Gasteiger charge is -2.05. The van der Waals surface area contributed by atoms with Gasteiger partial charge in [0.25, 0.3) is 0 Å². The highest BCUT2D eigenvalue weighted by atomic mass is 15.3. The second kappa shape index (κ2) is 3.77. The van der Waals surface area contributed by atoms with Crippen molar-refractivity contribution >= 4 is 16.8 Å². The van der Waals surface area contributed by atoms with E-state index in [4.69, 9.17) is 5.73 Å². The van der Waals surface area contributed by atoms with Crippen molar-refractivity contribution in [3.05, 3.63) is 18.5 Å². The summed E-state index contributed by atoms with van der Waals surface area (Å²) in [5.74, 6) is 0.832. The van der Waals surface area contributed by atoms with Gasteiger partial charge in [0.15, 0.2) is 11.3 Å². The quantitative estimate of drug-likeness (QED) is 0.674. The van der Waals surface area contributed by atoms with Gasteiger partial charge >= 0.3 is 0 Å². The molecule has 7 heteroatoms. The molecule has 0 saturated carbocycles. The molecule has 0 fully saturated rings. The first-order chi connectivity index (χ1) is 8.29. The van der Waals surface area contributed by atoms with E-state index < -0.39 is 0 Å². The van der Waals surface area contributed by atoms with Crippen molar-refractivity contribution < 1.29 is 0 Å². The Kier molecular flexibility index (Phi) is 2.25. The van der Waals surface area contributed by atoms with Crippen molar-refractivity contribution in [2.24, 2.45) is 5.73 Å². The highest BCUT2D eigenvalue weighted by Crippen LogP contribution is 2.13. The largest absolute Gasteiger partial charge is 0.340 e. The molecule has 88 valence electrons. The first kappa shape index (κ1) is 10.2. The van der Waals surface area contributed by atoms with Crippen LogP contribution in [-0.2, 0) is 6.42 Å². The minimum atomic E-state index is 0.0971. The fraction of sp³-hybridized carbons (Fsp3) is 0.400. The predicted octanol–water partition coefficient (Wildman–Crippen LogP) is 0.280. The first-order valence-corrected chi connectivity index (χ1v) is 5.57. The molecular weight excluding hydrogens is 218 g/mol. The average molecular weight is 231 g/mol. The van der Waals surface area contributed by atoms with E-state index in [9.17, 15) is 0 Å². The van der Waals surface area contributed by atoms with Crippen LogP contribution in [0.3, 0.4) is 0 Å². The fourth-order valence-corrected chi connectivity index (χ4v) is 1.80. The Bertz CT molecular complexity index is 653. The average Bonchev–Trinajstić information content (AvgIpc) is 2.94.